The molecule has 5 heteroatoms. The van der Waals surface area contributed by atoms with Crippen molar-refractivity contribution in [3.63, 3.8) is 0 Å². The lowest BCUT2D eigenvalue weighted by Crippen LogP contribution is -2.61. The summed E-state index contributed by atoms with van der Waals surface area (Å²) in [5, 5.41) is 3.16. The van der Waals surface area contributed by atoms with Crippen molar-refractivity contribution in [2.75, 3.05) is 19.6 Å². The minimum atomic E-state index is -0.289. The molecule has 0 unspecified atom stereocenters. The molecule has 24 heavy (non-hydrogen) atoms. The summed E-state index contributed by atoms with van der Waals surface area (Å²) in [6.45, 7) is 2.69. The van der Waals surface area contributed by atoms with Crippen molar-refractivity contribution in [3.05, 3.63) is 34.2 Å². The second-order valence-electron chi connectivity index (χ2n) is 7.19. The second-order valence-corrected chi connectivity index (χ2v) is 7.19. The van der Waals surface area contributed by atoms with Crippen LogP contribution in [-0.2, 0) is 11.2 Å². The Morgan fingerprint density at radius 2 is 1.79 bits per heavy atom. The average molecular weight is 331 g/mol. The highest BCUT2D eigenvalue weighted by Gasteiger charge is 2.44. The average Bonchev–Trinajstić information content (AvgIpc) is 2.63. The van der Waals surface area contributed by atoms with Crippen LogP contribution < -0.4 is 10.9 Å². The molecule has 1 aliphatic heterocycles. The van der Waals surface area contributed by atoms with Gasteiger partial charge in [-0.2, -0.15) is 0 Å². The number of carbonyl (C=O) groups excluding carboxylic acids is 1. The Balaban J connectivity index is 1.62. The van der Waals surface area contributed by atoms with Crippen molar-refractivity contribution in [2.45, 2.75) is 63.3 Å². The fraction of sp³-hybridized carbons (Fsp3) is 0.684. The largest absolute Gasteiger partial charge is 0.354 e. The Labute approximate surface area is 143 Å². The number of aromatic amines is 1. The molecular weight excluding hydrogens is 302 g/mol. The van der Waals surface area contributed by atoms with Gasteiger partial charge in [0.25, 0.3) is 0 Å². The predicted molar refractivity (Wildman–Crippen MR) is 95.0 cm³/mol. The number of hydrogen-bond donors (Lipinski definition) is 2. The minimum absolute atomic E-state index is 0.0871. The molecule has 1 amide bonds. The van der Waals surface area contributed by atoms with Crippen LogP contribution in [0.3, 0.4) is 0 Å². The molecule has 2 aliphatic rings. The van der Waals surface area contributed by atoms with Gasteiger partial charge in [-0.05, 0) is 44.8 Å². The molecule has 1 aromatic heterocycles. The van der Waals surface area contributed by atoms with E-state index in [-0.39, 0.29) is 17.0 Å². The van der Waals surface area contributed by atoms with Crippen molar-refractivity contribution in [3.8, 4) is 0 Å². The Morgan fingerprint density at radius 1 is 1.08 bits per heavy atom. The molecule has 0 aromatic carbocycles. The maximum Gasteiger partial charge on any atom is 0.248 e. The third kappa shape index (κ3) is 3.89. The highest BCUT2D eigenvalue weighted by Crippen LogP contribution is 2.35. The van der Waals surface area contributed by atoms with Crippen molar-refractivity contribution in [1.82, 2.24) is 15.2 Å². The van der Waals surface area contributed by atoms with Crippen LogP contribution >= 0.6 is 0 Å². The summed E-state index contributed by atoms with van der Waals surface area (Å²) in [6, 6.07) is 5.16. The van der Waals surface area contributed by atoms with Crippen molar-refractivity contribution < 1.29 is 4.79 Å². The molecule has 0 spiro atoms. The van der Waals surface area contributed by atoms with E-state index in [0.717, 1.165) is 44.5 Å². The minimum Gasteiger partial charge on any atom is -0.354 e. The normalized spacial score (nSPS) is 21.3. The summed E-state index contributed by atoms with van der Waals surface area (Å²) < 4.78 is 0. The van der Waals surface area contributed by atoms with E-state index < -0.39 is 0 Å². The van der Waals surface area contributed by atoms with Crippen LogP contribution in [-0.4, -0.2) is 41.0 Å². The number of H-pyrrole nitrogens is 1. The summed E-state index contributed by atoms with van der Waals surface area (Å²) in [4.78, 5) is 29.7. The Bertz CT molecular complexity index is 599. The van der Waals surface area contributed by atoms with Gasteiger partial charge in [-0.15, -0.1) is 0 Å². The maximum absolute atomic E-state index is 13.1. The van der Waals surface area contributed by atoms with Crippen molar-refractivity contribution in [2.24, 2.45) is 0 Å². The maximum atomic E-state index is 13.1. The Morgan fingerprint density at radius 3 is 2.50 bits per heavy atom. The van der Waals surface area contributed by atoms with E-state index in [9.17, 15) is 9.59 Å². The molecular formula is C19H29N3O2. The number of aromatic nitrogens is 1. The van der Waals surface area contributed by atoms with Gasteiger partial charge in [0.1, 0.15) is 5.54 Å². The number of piperidine rings is 1. The molecule has 0 atom stereocenters. The summed E-state index contributed by atoms with van der Waals surface area (Å²) in [6.07, 6.45) is 9.88. The van der Waals surface area contributed by atoms with Crippen LogP contribution in [0.15, 0.2) is 23.0 Å². The summed E-state index contributed by atoms with van der Waals surface area (Å²) >= 11 is 0. The molecule has 2 fully saturated rings. The van der Waals surface area contributed by atoms with Crippen LogP contribution in [0.4, 0.5) is 0 Å². The first kappa shape index (κ1) is 17.2. The molecule has 0 bridgehead atoms. The van der Waals surface area contributed by atoms with E-state index in [0.29, 0.717) is 13.0 Å². The number of likely N-dealkylation sites (tertiary alicyclic amines) is 1. The van der Waals surface area contributed by atoms with E-state index in [4.69, 9.17) is 0 Å². The second kappa shape index (κ2) is 7.97. The van der Waals surface area contributed by atoms with Crippen LogP contribution in [0, 0.1) is 0 Å². The van der Waals surface area contributed by atoms with Gasteiger partial charge in [0, 0.05) is 24.7 Å². The number of nitrogens with zero attached hydrogens (tertiary/aromatic N) is 1. The zero-order valence-electron chi connectivity index (χ0n) is 14.5. The summed E-state index contributed by atoms with van der Waals surface area (Å²) in [5.41, 5.74) is 0.498. The molecule has 3 rings (SSSR count). The topological polar surface area (TPSA) is 65.2 Å². The highest BCUT2D eigenvalue weighted by atomic mass is 16.2. The first-order valence-corrected chi connectivity index (χ1v) is 9.42. The molecule has 1 saturated heterocycles. The first-order chi connectivity index (χ1) is 11.7. The third-order valence-electron chi connectivity index (χ3n) is 5.57. The quantitative estimate of drug-likeness (QED) is 0.869. The van der Waals surface area contributed by atoms with E-state index in [1.54, 1.807) is 6.07 Å². The zero-order valence-corrected chi connectivity index (χ0v) is 14.5. The Hall–Kier alpha value is -1.62. The molecule has 132 valence electrons. The fourth-order valence-corrected chi connectivity index (χ4v) is 4.26. The molecule has 5 nitrogen and oxygen atoms in total. The Kier molecular flexibility index (Phi) is 5.72. The molecule has 2 heterocycles. The van der Waals surface area contributed by atoms with E-state index in [2.05, 4.69) is 15.2 Å². The van der Waals surface area contributed by atoms with Gasteiger partial charge in [0.15, 0.2) is 0 Å². The SMILES string of the molecule is O=C(NCCc1cccc(=O)[nH]1)C1(N2CCCCC2)CCCCC1. The van der Waals surface area contributed by atoms with Gasteiger partial charge in [0.05, 0.1) is 0 Å². The van der Waals surface area contributed by atoms with E-state index >= 15 is 0 Å². The van der Waals surface area contributed by atoms with Gasteiger partial charge < -0.3 is 10.3 Å². The van der Waals surface area contributed by atoms with Crippen molar-refractivity contribution >= 4 is 5.91 Å². The van der Waals surface area contributed by atoms with Crippen LogP contribution in [0.1, 0.15) is 57.1 Å². The first-order valence-electron chi connectivity index (χ1n) is 9.42. The molecule has 0 radical (unpaired) electrons. The van der Waals surface area contributed by atoms with Crippen LogP contribution in [0.5, 0.6) is 0 Å². The van der Waals surface area contributed by atoms with Gasteiger partial charge in [-0.3, -0.25) is 14.5 Å². The summed E-state index contributed by atoms with van der Waals surface area (Å²) in [7, 11) is 0. The monoisotopic (exact) mass is 331 g/mol. The fourth-order valence-electron chi connectivity index (χ4n) is 4.26. The number of rotatable bonds is 5. The van der Waals surface area contributed by atoms with E-state index in [1.807, 2.05) is 6.07 Å². The molecule has 2 N–H and O–H groups in total. The molecule has 1 aromatic rings. The number of nitrogens with one attached hydrogen (secondary N) is 2. The number of carbonyl (C=O) groups is 1. The molecule has 1 saturated carbocycles. The highest BCUT2D eigenvalue weighted by molar-refractivity contribution is 5.86. The standard InChI is InChI=1S/C19H29N3O2/c23-17-9-7-8-16(21-17)10-13-20-18(24)19(11-3-1-4-12-19)22-14-5-2-6-15-22/h7-9H,1-6,10-15H2,(H,20,24)(H,21,23). The number of pyridine rings is 1. The van der Waals surface area contributed by atoms with Gasteiger partial charge in [-0.25, -0.2) is 0 Å². The lowest BCUT2D eigenvalue weighted by Gasteiger charge is -2.46. The zero-order chi connectivity index (χ0) is 16.8. The van der Waals surface area contributed by atoms with Gasteiger partial charge in [0.2, 0.25) is 11.5 Å². The van der Waals surface area contributed by atoms with Crippen molar-refractivity contribution in [1.29, 1.82) is 0 Å². The smallest absolute Gasteiger partial charge is 0.248 e. The van der Waals surface area contributed by atoms with Gasteiger partial charge in [-0.1, -0.05) is 31.7 Å². The van der Waals surface area contributed by atoms with Crippen LogP contribution in [0.2, 0.25) is 0 Å². The molecule has 1 aliphatic carbocycles. The predicted octanol–water partition coefficient (Wildman–Crippen LogP) is 2.22. The van der Waals surface area contributed by atoms with Crippen LogP contribution in [0.25, 0.3) is 0 Å². The van der Waals surface area contributed by atoms with E-state index in [1.165, 1.54) is 31.7 Å². The third-order valence-corrected chi connectivity index (χ3v) is 5.57. The lowest BCUT2D eigenvalue weighted by molar-refractivity contribution is -0.137. The number of hydrogen-bond acceptors (Lipinski definition) is 3. The van der Waals surface area contributed by atoms with Gasteiger partial charge >= 0.3 is 0 Å². The summed E-state index contributed by atoms with van der Waals surface area (Å²) in [5.74, 6) is 0.197. The lowest BCUT2D eigenvalue weighted by atomic mass is 9.78. The number of amides is 1.